The number of carbonyl (C=O) groups is 1. The van der Waals surface area contributed by atoms with Crippen molar-refractivity contribution in [1.29, 1.82) is 0 Å². The first-order valence-electron chi connectivity index (χ1n) is 6.99. The molecule has 0 saturated carbocycles. The molecule has 0 unspecified atom stereocenters. The molecule has 0 aliphatic carbocycles. The molecule has 0 aromatic heterocycles. The van der Waals surface area contributed by atoms with Crippen LogP contribution in [0.3, 0.4) is 0 Å². The summed E-state index contributed by atoms with van der Waals surface area (Å²) in [4.78, 5) is 14.0. The summed E-state index contributed by atoms with van der Waals surface area (Å²) in [6.07, 6.45) is 0. The smallest absolute Gasteiger partial charge is 0.337 e. The van der Waals surface area contributed by atoms with E-state index in [1.54, 1.807) is 32.2 Å². The Morgan fingerprint density at radius 2 is 1.87 bits per heavy atom. The minimum Gasteiger partial charge on any atom is -0.493 e. The summed E-state index contributed by atoms with van der Waals surface area (Å²) < 4.78 is 15.5. The predicted molar refractivity (Wildman–Crippen MR) is 90.5 cm³/mol. The fraction of sp³-hybridized carbons (Fsp3) is 0.375. The molecule has 6 nitrogen and oxygen atoms in total. The van der Waals surface area contributed by atoms with Gasteiger partial charge in [-0.2, -0.15) is 0 Å². The third-order valence-corrected chi connectivity index (χ3v) is 4.29. The Hall–Kier alpha value is -2.28. The van der Waals surface area contributed by atoms with Crippen LogP contribution in [0.4, 0.5) is 0 Å². The summed E-state index contributed by atoms with van der Waals surface area (Å²) >= 11 is 5.34. The molecule has 1 N–H and O–H groups in total. The number of nitrogens with one attached hydrogen (secondary N) is 1. The molecule has 1 aliphatic heterocycles. The van der Waals surface area contributed by atoms with Crippen molar-refractivity contribution in [1.82, 2.24) is 10.2 Å². The zero-order chi connectivity index (χ0) is 17.1. The Balaban J connectivity index is 2.55. The second-order valence-corrected chi connectivity index (χ2v) is 5.43. The molecule has 1 aliphatic rings. The number of esters is 1. The van der Waals surface area contributed by atoms with Gasteiger partial charge in [0.05, 0.1) is 32.9 Å². The van der Waals surface area contributed by atoms with Crippen LogP contribution in [-0.4, -0.2) is 44.4 Å². The van der Waals surface area contributed by atoms with Crippen LogP contribution in [0, 0.1) is 0 Å². The summed E-state index contributed by atoms with van der Waals surface area (Å²) in [6, 6.07) is 5.07. The molecule has 0 bridgehead atoms. The van der Waals surface area contributed by atoms with E-state index in [4.69, 9.17) is 26.4 Å². The van der Waals surface area contributed by atoms with Gasteiger partial charge >= 0.3 is 5.97 Å². The molecular weight excluding hydrogens is 316 g/mol. The lowest BCUT2D eigenvalue weighted by molar-refractivity contribution is -0.136. The Bertz CT molecular complexity index is 672. The van der Waals surface area contributed by atoms with E-state index in [0.717, 1.165) is 11.3 Å². The average Bonchev–Trinajstić information content (AvgIpc) is 2.58. The zero-order valence-electron chi connectivity index (χ0n) is 13.8. The van der Waals surface area contributed by atoms with Crippen molar-refractivity contribution < 1.29 is 19.0 Å². The van der Waals surface area contributed by atoms with Gasteiger partial charge in [0.2, 0.25) is 0 Å². The van der Waals surface area contributed by atoms with E-state index in [1.165, 1.54) is 7.11 Å². The fourth-order valence-corrected chi connectivity index (χ4v) is 2.75. The summed E-state index contributed by atoms with van der Waals surface area (Å²) in [6.45, 7) is 1.84. The maximum atomic E-state index is 12.2. The lowest BCUT2D eigenvalue weighted by Crippen LogP contribution is -2.46. The van der Waals surface area contributed by atoms with Crippen molar-refractivity contribution in [2.75, 3.05) is 28.4 Å². The average molecular weight is 336 g/mol. The number of methoxy groups -OCH3 is 3. The Kier molecular flexibility index (Phi) is 5.10. The van der Waals surface area contributed by atoms with Gasteiger partial charge in [-0.15, -0.1) is 0 Å². The fourth-order valence-electron chi connectivity index (χ4n) is 2.49. The van der Waals surface area contributed by atoms with Crippen molar-refractivity contribution in [3.05, 3.63) is 35.0 Å². The van der Waals surface area contributed by atoms with E-state index in [2.05, 4.69) is 5.32 Å². The highest BCUT2D eigenvalue weighted by Gasteiger charge is 2.33. The molecule has 2 rings (SSSR count). The number of carbonyl (C=O) groups excluding carboxylic acids is 1. The zero-order valence-corrected chi connectivity index (χ0v) is 14.6. The molecule has 0 amide bonds. The summed E-state index contributed by atoms with van der Waals surface area (Å²) in [5.41, 5.74) is 2.09. The van der Waals surface area contributed by atoms with E-state index < -0.39 is 12.0 Å². The van der Waals surface area contributed by atoms with Crippen molar-refractivity contribution in [3.63, 3.8) is 0 Å². The highest BCUT2D eigenvalue weighted by Crippen LogP contribution is 2.35. The number of ether oxygens (including phenoxy) is 3. The topological polar surface area (TPSA) is 60.0 Å². The Morgan fingerprint density at radius 3 is 2.43 bits per heavy atom. The van der Waals surface area contributed by atoms with Crippen LogP contribution in [0.1, 0.15) is 18.5 Å². The molecule has 7 heteroatoms. The molecule has 0 fully saturated rings. The normalized spacial score (nSPS) is 17.7. The number of hydrogen-bond donors (Lipinski definition) is 1. The first-order valence-corrected chi connectivity index (χ1v) is 7.40. The molecule has 1 heterocycles. The van der Waals surface area contributed by atoms with Crippen LogP contribution in [0.5, 0.6) is 11.5 Å². The predicted octanol–water partition coefficient (Wildman–Crippen LogP) is 2.01. The van der Waals surface area contributed by atoms with Crippen molar-refractivity contribution in [2.24, 2.45) is 0 Å². The van der Waals surface area contributed by atoms with Crippen LogP contribution >= 0.6 is 12.2 Å². The van der Waals surface area contributed by atoms with Crippen LogP contribution < -0.4 is 14.8 Å². The van der Waals surface area contributed by atoms with Gasteiger partial charge in [-0.25, -0.2) is 4.79 Å². The first-order chi connectivity index (χ1) is 10.9. The maximum Gasteiger partial charge on any atom is 0.337 e. The molecule has 1 atom stereocenters. The molecule has 124 valence electrons. The van der Waals surface area contributed by atoms with Gasteiger partial charge in [-0.05, 0) is 36.8 Å². The molecular formula is C16H20N2O4S. The number of rotatable bonds is 4. The van der Waals surface area contributed by atoms with Crippen LogP contribution in [0.25, 0.3) is 0 Å². The Labute approximate surface area is 141 Å². The largest absolute Gasteiger partial charge is 0.493 e. The van der Waals surface area contributed by atoms with E-state index >= 15 is 0 Å². The van der Waals surface area contributed by atoms with Gasteiger partial charge in [0, 0.05) is 12.7 Å². The number of benzene rings is 1. The van der Waals surface area contributed by atoms with E-state index in [1.807, 2.05) is 19.1 Å². The molecule has 0 spiro atoms. The van der Waals surface area contributed by atoms with E-state index in [-0.39, 0.29) is 0 Å². The van der Waals surface area contributed by atoms with E-state index in [9.17, 15) is 4.79 Å². The van der Waals surface area contributed by atoms with Gasteiger partial charge < -0.3 is 24.4 Å². The second-order valence-electron chi connectivity index (χ2n) is 5.05. The van der Waals surface area contributed by atoms with Crippen molar-refractivity contribution in [3.8, 4) is 11.5 Å². The third-order valence-electron chi connectivity index (χ3n) is 3.90. The van der Waals surface area contributed by atoms with Gasteiger partial charge in [0.1, 0.15) is 0 Å². The molecule has 0 radical (unpaired) electrons. The molecule has 23 heavy (non-hydrogen) atoms. The van der Waals surface area contributed by atoms with Crippen LogP contribution in [-0.2, 0) is 9.53 Å². The second kappa shape index (κ2) is 6.87. The van der Waals surface area contributed by atoms with Crippen LogP contribution in [0.15, 0.2) is 29.5 Å². The van der Waals surface area contributed by atoms with E-state index in [0.29, 0.717) is 22.2 Å². The lowest BCUT2D eigenvalue weighted by atomic mass is 9.95. The standard InChI is InChI=1S/C16H20N2O4S/c1-9-13(15(19)22-5)14(17-16(23)18(9)2)10-6-7-11(20-3)12(8-10)21-4/h6-8,14H,1-5H3,(H,17,23)/t14-/m0/s1. The molecule has 1 aromatic carbocycles. The van der Waals surface area contributed by atoms with Gasteiger partial charge in [0.25, 0.3) is 0 Å². The molecule has 1 aromatic rings. The summed E-state index contributed by atoms with van der Waals surface area (Å²) in [5, 5.41) is 3.71. The number of allylic oxidation sites excluding steroid dienone is 1. The van der Waals surface area contributed by atoms with Crippen molar-refractivity contribution >= 4 is 23.3 Å². The maximum absolute atomic E-state index is 12.2. The summed E-state index contributed by atoms with van der Waals surface area (Å²) in [7, 11) is 6.31. The third kappa shape index (κ3) is 3.10. The molecule has 0 saturated heterocycles. The lowest BCUT2D eigenvalue weighted by Gasteiger charge is -2.35. The minimum absolute atomic E-state index is 0.399. The van der Waals surface area contributed by atoms with Crippen molar-refractivity contribution in [2.45, 2.75) is 13.0 Å². The highest BCUT2D eigenvalue weighted by atomic mass is 32.1. The summed E-state index contributed by atoms with van der Waals surface area (Å²) in [5.74, 6) is 0.801. The first kappa shape index (κ1) is 17.1. The number of nitrogens with zero attached hydrogens (tertiary/aromatic N) is 1. The van der Waals surface area contributed by atoms with Gasteiger partial charge in [-0.3, -0.25) is 0 Å². The van der Waals surface area contributed by atoms with Crippen LogP contribution in [0.2, 0.25) is 0 Å². The highest BCUT2D eigenvalue weighted by molar-refractivity contribution is 7.80. The quantitative estimate of drug-likeness (QED) is 0.667. The minimum atomic E-state index is -0.411. The number of hydrogen-bond acceptors (Lipinski definition) is 5. The number of thiocarbonyl (C=S) groups is 1. The van der Waals surface area contributed by atoms with Gasteiger partial charge in [0.15, 0.2) is 16.6 Å². The SMILES string of the molecule is COC(=O)C1=C(C)N(C)C(=S)N[C@H]1c1ccc(OC)c(OC)c1. The Morgan fingerprint density at radius 1 is 1.22 bits per heavy atom. The monoisotopic (exact) mass is 336 g/mol. The van der Waals surface area contributed by atoms with Gasteiger partial charge in [-0.1, -0.05) is 6.07 Å².